The highest BCUT2D eigenvalue weighted by Gasteiger charge is 2.22. The number of nitrogens with two attached hydrogens (primary N) is 1. The third-order valence-corrected chi connectivity index (χ3v) is 3.84. The molecule has 96 valence electrons. The molecule has 2 nitrogen and oxygen atoms in total. The summed E-state index contributed by atoms with van der Waals surface area (Å²) in [5, 5.41) is 0. The van der Waals surface area contributed by atoms with Gasteiger partial charge in [0, 0.05) is 23.6 Å². The number of benzene rings is 1. The van der Waals surface area contributed by atoms with Gasteiger partial charge in [-0.3, -0.25) is 4.90 Å². The van der Waals surface area contributed by atoms with Crippen molar-refractivity contribution in [3.8, 4) is 0 Å². The Balaban J connectivity index is 0.00000144. The van der Waals surface area contributed by atoms with E-state index >= 15 is 0 Å². The molecule has 0 aromatic heterocycles. The predicted molar refractivity (Wildman–Crippen MR) is 78.4 cm³/mol. The fourth-order valence-corrected chi connectivity index (χ4v) is 2.73. The second kappa shape index (κ2) is 6.74. The minimum absolute atomic E-state index is 0. The smallest absolute Gasteiger partial charge is 0.0234 e. The standard InChI is InChI=1S/C13H19BrN2.ClH/c1-10-8-16(6-5-13(10)15)9-11-3-2-4-12(14)7-11;/h2-4,7,10,13H,5-6,8-9,15H2,1H3;1H. The molecule has 17 heavy (non-hydrogen) atoms. The molecule has 1 heterocycles. The monoisotopic (exact) mass is 318 g/mol. The molecule has 2 atom stereocenters. The molecule has 1 aromatic rings. The van der Waals surface area contributed by atoms with Crippen LogP contribution in [0.2, 0.25) is 0 Å². The highest BCUT2D eigenvalue weighted by atomic mass is 79.9. The Hall–Kier alpha value is -0.0900. The first-order chi connectivity index (χ1) is 7.65. The van der Waals surface area contributed by atoms with E-state index in [1.54, 1.807) is 0 Å². The van der Waals surface area contributed by atoms with Gasteiger partial charge in [-0.15, -0.1) is 12.4 Å². The average molecular weight is 320 g/mol. The quantitative estimate of drug-likeness (QED) is 0.908. The summed E-state index contributed by atoms with van der Waals surface area (Å²) in [7, 11) is 0. The van der Waals surface area contributed by atoms with Crippen LogP contribution in [0.25, 0.3) is 0 Å². The topological polar surface area (TPSA) is 29.3 Å². The van der Waals surface area contributed by atoms with E-state index in [9.17, 15) is 0 Å². The molecule has 0 aliphatic carbocycles. The summed E-state index contributed by atoms with van der Waals surface area (Å²) in [5.74, 6) is 0.612. The Morgan fingerprint density at radius 1 is 1.47 bits per heavy atom. The van der Waals surface area contributed by atoms with Crippen LogP contribution in [0.15, 0.2) is 28.7 Å². The predicted octanol–water partition coefficient (Wildman–Crippen LogP) is 3.04. The van der Waals surface area contributed by atoms with E-state index in [0.29, 0.717) is 12.0 Å². The van der Waals surface area contributed by atoms with Gasteiger partial charge in [-0.05, 0) is 36.6 Å². The van der Waals surface area contributed by atoms with Gasteiger partial charge in [0.05, 0.1) is 0 Å². The first-order valence-corrected chi connectivity index (χ1v) is 6.67. The largest absolute Gasteiger partial charge is 0.327 e. The van der Waals surface area contributed by atoms with Crippen LogP contribution < -0.4 is 5.73 Å². The number of piperidine rings is 1. The molecular weight excluding hydrogens is 300 g/mol. The number of likely N-dealkylation sites (tertiary alicyclic amines) is 1. The molecule has 0 spiro atoms. The highest BCUT2D eigenvalue weighted by Crippen LogP contribution is 2.19. The summed E-state index contributed by atoms with van der Waals surface area (Å²) >= 11 is 3.51. The van der Waals surface area contributed by atoms with Crippen molar-refractivity contribution in [3.63, 3.8) is 0 Å². The maximum atomic E-state index is 6.02. The van der Waals surface area contributed by atoms with E-state index in [1.165, 1.54) is 5.56 Å². The highest BCUT2D eigenvalue weighted by molar-refractivity contribution is 9.10. The zero-order chi connectivity index (χ0) is 11.5. The zero-order valence-electron chi connectivity index (χ0n) is 10.1. The van der Waals surface area contributed by atoms with Crippen molar-refractivity contribution in [1.29, 1.82) is 0 Å². The van der Waals surface area contributed by atoms with E-state index in [4.69, 9.17) is 5.73 Å². The molecule has 1 aliphatic rings. The van der Waals surface area contributed by atoms with Crippen molar-refractivity contribution in [2.75, 3.05) is 13.1 Å². The van der Waals surface area contributed by atoms with E-state index in [-0.39, 0.29) is 12.4 Å². The van der Waals surface area contributed by atoms with E-state index in [2.05, 4.69) is 52.0 Å². The van der Waals surface area contributed by atoms with Gasteiger partial charge in [0.2, 0.25) is 0 Å². The molecule has 4 heteroatoms. The lowest BCUT2D eigenvalue weighted by Gasteiger charge is -2.35. The molecule has 0 amide bonds. The maximum absolute atomic E-state index is 6.02. The minimum atomic E-state index is 0. The van der Waals surface area contributed by atoms with Crippen LogP contribution in [0.4, 0.5) is 0 Å². The van der Waals surface area contributed by atoms with Gasteiger partial charge in [0.15, 0.2) is 0 Å². The Kier molecular flexibility index (Phi) is 5.93. The Bertz CT molecular complexity index is 359. The summed E-state index contributed by atoms with van der Waals surface area (Å²) in [6.07, 6.45) is 1.12. The van der Waals surface area contributed by atoms with Crippen molar-refractivity contribution in [2.24, 2.45) is 11.7 Å². The zero-order valence-corrected chi connectivity index (χ0v) is 12.5. The van der Waals surface area contributed by atoms with Gasteiger partial charge >= 0.3 is 0 Å². The van der Waals surface area contributed by atoms with Crippen LogP contribution in [-0.4, -0.2) is 24.0 Å². The van der Waals surface area contributed by atoms with Crippen molar-refractivity contribution in [2.45, 2.75) is 25.9 Å². The molecule has 0 bridgehead atoms. The fraction of sp³-hybridized carbons (Fsp3) is 0.538. The maximum Gasteiger partial charge on any atom is 0.0234 e. The Morgan fingerprint density at radius 3 is 2.88 bits per heavy atom. The summed E-state index contributed by atoms with van der Waals surface area (Å²) in [4.78, 5) is 2.50. The molecule has 2 N–H and O–H groups in total. The number of rotatable bonds is 2. The van der Waals surface area contributed by atoms with Gasteiger partial charge in [0.25, 0.3) is 0 Å². The van der Waals surface area contributed by atoms with Gasteiger partial charge in [0.1, 0.15) is 0 Å². The normalized spacial score (nSPS) is 25.4. The van der Waals surface area contributed by atoms with Crippen molar-refractivity contribution >= 4 is 28.3 Å². The van der Waals surface area contributed by atoms with Crippen molar-refractivity contribution in [3.05, 3.63) is 34.3 Å². The third-order valence-electron chi connectivity index (χ3n) is 3.35. The number of nitrogens with zero attached hydrogens (tertiary/aromatic N) is 1. The molecule has 1 aliphatic heterocycles. The van der Waals surface area contributed by atoms with Crippen LogP contribution in [0.5, 0.6) is 0 Å². The molecule has 2 rings (SSSR count). The van der Waals surface area contributed by atoms with Gasteiger partial charge in [-0.25, -0.2) is 0 Å². The van der Waals surface area contributed by atoms with Crippen LogP contribution in [0.1, 0.15) is 18.9 Å². The van der Waals surface area contributed by atoms with Crippen molar-refractivity contribution in [1.82, 2.24) is 4.90 Å². The lowest BCUT2D eigenvalue weighted by molar-refractivity contribution is 0.158. The van der Waals surface area contributed by atoms with Crippen LogP contribution in [-0.2, 0) is 6.54 Å². The van der Waals surface area contributed by atoms with Gasteiger partial charge in [-0.1, -0.05) is 35.0 Å². The first-order valence-electron chi connectivity index (χ1n) is 5.87. The summed E-state index contributed by atoms with van der Waals surface area (Å²) in [6, 6.07) is 8.93. The average Bonchev–Trinajstić information content (AvgIpc) is 2.24. The second-order valence-electron chi connectivity index (χ2n) is 4.79. The molecule has 1 fully saturated rings. The fourth-order valence-electron chi connectivity index (χ4n) is 2.29. The Labute approximate surface area is 118 Å². The second-order valence-corrected chi connectivity index (χ2v) is 5.71. The lowest BCUT2D eigenvalue weighted by atomic mass is 9.94. The Morgan fingerprint density at radius 2 is 2.24 bits per heavy atom. The van der Waals surface area contributed by atoms with E-state index < -0.39 is 0 Å². The van der Waals surface area contributed by atoms with Crippen LogP contribution in [0.3, 0.4) is 0 Å². The third kappa shape index (κ3) is 4.25. The van der Waals surface area contributed by atoms with E-state index in [0.717, 1.165) is 30.5 Å². The molecule has 1 aromatic carbocycles. The van der Waals surface area contributed by atoms with Crippen LogP contribution in [0, 0.1) is 5.92 Å². The molecule has 2 unspecified atom stereocenters. The minimum Gasteiger partial charge on any atom is -0.327 e. The number of hydrogen-bond acceptors (Lipinski definition) is 2. The first kappa shape index (κ1) is 15.0. The number of halogens is 2. The lowest BCUT2D eigenvalue weighted by Crippen LogP contribution is -2.45. The molecule has 0 radical (unpaired) electrons. The molecular formula is C13H20BrClN2. The summed E-state index contributed by atoms with van der Waals surface area (Å²) in [6.45, 7) is 5.53. The summed E-state index contributed by atoms with van der Waals surface area (Å²) in [5.41, 5.74) is 7.40. The van der Waals surface area contributed by atoms with Crippen LogP contribution >= 0.6 is 28.3 Å². The summed E-state index contributed by atoms with van der Waals surface area (Å²) < 4.78 is 1.16. The van der Waals surface area contributed by atoms with Gasteiger partial charge in [-0.2, -0.15) is 0 Å². The van der Waals surface area contributed by atoms with E-state index in [1.807, 2.05) is 0 Å². The molecule has 1 saturated heterocycles. The molecule has 0 saturated carbocycles. The number of hydrogen-bond donors (Lipinski definition) is 1. The van der Waals surface area contributed by atoms with Gasteiger partial charge < -0.3 is 5.73 Å². The van der Waals surface area contributed by atoms with Crippen molar-refractivity contribution < 1.29 is 0 Å². The SMILES string of the molecule is CC1CN(Cc2cccc(Br)c2)CCC1N.Cl.